The van der Waals surface area contributed by atoms with Crippen LogP contribution in [0.25, 0.3) is 11.4 Å². The molecule has 0 bridgehead atoms. The number of aliphatic carboxylic acids is 1. The molecular formula is C15H14F3N3O3. The number of carboxylic acids is 1. The average Bonchev–Trinajstić information content (AvgIpc) is 3.14. The molecule has 1 aliphatic rings. The minimum Gasteiger partial charge on any atom is -0.481 e. The highest BCUT2D eigenvalue weighted by atomic mass is 19.4. The number of nitrogens with zero attached hydrogens (tertiary/aromatic N) is 3. The second-order valence-electron chi connectivity index (χ2n) is 5.76. The highest BCUT2D eigenvalue weighted by Crippen LogP contribution is 2.39. The molecule has 0 spiro atoms. The largest absolute Gasteiger partial charge is 0.481 e. The molecule has 9 heteroatoms. The normalized spacial score (nSPS) is 21.2. The van der Waals surface area contributed by atoms with Crippen LogP contribution in [0.2, 0.25) is 0 Å². The molecule has 1 saturated heterocycles. The lowest BCUT2D eigenvalue weighted by atomic mass is 9.96. The molecule has 0 amide bonds. The highest BCUT2D eigenvalue weighted by Gasteiger charge is 2.53. The van der Waals surface area contributed by atoms with E-state index in [0.29, 0.717) is 5.56 Å². The van der Waals surface area contributed by atoms with Crippen molar-refractivity contribution >= 4 is 12.0 Å². The Hall–Kier alpha value is -2.58. The van der Waals surface area contributed by atoms with Crippen LogP contribution in [0.15, 0.2) is 28.8 Å². The van der Waals surface area contributed by atoms with Crippen molar-refractivity contribution in [3.8, 4) is 11.4 Å². The molecule has 0 aliphatic carbocycles. The van der Waals surface area contributed by atoms with Gasteiger partial charge in [0.2, 0.25) is 5.82 Å². The number of rotatable bonds is 3. The summed E-state index contributed by atoms with van der Waals surface area (Å²) in [5, 5.41) is 12.8. The van der Waals surface area contributed by atoms with Crippen molar-refractivity contribution in [2.45, 2.75) is 13.1 Å². The van der Waals surface area contributed by atoms with E-state index in [4.69, 9.17) is 9.63 Å². The maximum Gasteiger partial charge on any atom is 0.394 e. The van der Waals surface area contributed by atoms with Gasteiger partial charge < -0.3 is 14.5 Å². The van der Waals surface area contributed by atoms with Crippen LogP contribution in [0.5, 0.6) is 0 Å². The lowest BCUT2D eigenvalue weighted by Gasteiger charge is -2.17. The molecule has 6 nitrogen and oxygen atoms in total. The molecule has 1 aromatic carbocycles. The Bertz CT molecular complexity index is 742. The Labute approximate surface area is 134 Å². The highest BCUT2D eigenvalue weighted by molar-refractivity contribution is 5.72. The zero-order valence-corrected chi connectivity index (χ0v) is 12.6. The zero-order valence-electron chi connectivity index (χ0n) is 12.6. The monoisotopic (exact) mass is 341 g/mol. The second-order valence-corrected chi connectivity index (χ2v) is 5.76. The van der Waals surface area contributed by atoms with E-state index in [0.717, 1.165) is 5.56 Å². The maximum absolute atomic E-state index is 13.0. The summed E-state index contributed by atoms with van der Waals surface area (Å²) < 4.78 is 44.1. The third-order valence-electron chi connectivity index (χ3n) is 4.05. The van der Waals surface area contributed by atoms with E-state index in [9.17, 15) is 18.0 Å². The quantitative estimate of drug-likeness (QED) is 0.925. The fraction of sp³-hybridized carbons (Fsp3) is 0.400. The minimum absolute atomic E-state index is 0.108. The predicted molar refractivity (Wildman–Crippen MR) is 77.4 cm³/mol. The first-order valence-electron chi connectivity index (χ1n) is 7.21. The topological polar surface area (TPSA) is 79.5 Å². The van der Waals surface area contributed by atoms with Gasteiger partial charge in [0, 0.05) is 18.7 Å². The molecule has 2 aromatic rings. The number of anilines is 1. The molecule has 3 rings (SSSR count). The lowest BCUT2D eigenvalue weighted by Crippen LogP contribution is -2.33. The van der Waals surface area contributed by atoms with Crippen LogP contribution in [0.3, 0.4) is 0 Å². The minimum atomic E-state index is -4.60. The van der Waals surface area contributed by atoms with E-state index in [-0.39, 0.29) is 18.4 Å². The Kier molecular flexibility index (Phi) is 3.94. The van der Waals surface area contributed by atoms with Crippen LogP contribution in [0.4, 0.5) is 19.2 Å². The van der Waals surface area contributed by atoms with E-state index in [1.54, 1.807) is 12.1 Å². The van der Waals surface area contributed by atoms with Gasteiger partial charge in [-0.1, -0.05) is 35.0 Å². The Balaban J connectivity index is 1.83. The number of aryl methyl sites for hydroxylation is 1. The van der Waals surface area contributed by atoms with E-state index in [2.05, 4.69) is 10.1 Å². The zero-order chi connectivity index (χ0) is 17.5. The van der Waals surface area contributed by atoms with E-state index in [1.807, 2.05) is 19.1 Å². The van der Waals surface area contributed by atoms with Crippen LogP contribution in [0, 0.1) is 18.8 Å². The first-order chi connectivity index (χ1) is 11.3. The predicted octanol–water partition coefficient (Wildman–Crippen LogP) is 2.74. The molecule has 2 atom stereocenters. The van der Waals surface area contributed by atoms with Gasteiger partial charge in [0.1, 0.15) is 0 Å². The van der Waals surface area contributed by atoms with Crippen molar-refractivity contribution in [1.29, 1.82) is 0 Å². The van der Waals surface area contributed by atoms with Gasteiger partial charge in [-0.05, 0) is 6.92 Å². The molecule has 0 radical (unpaired) electrons. The van der Waals surface area contributed by atoms with Gasteiger partial charge in [0.25, 0.3) is 0 Å². The molecule has 1 fully saturated rings. The van der Waals surface area contributed by atoms with Crippen molar-refractivity contribution in [2.75, 3.05) is 18.0 Å². The summed E-state index contributed by atoms with van der Waals surface area (Å²) in [5.74, 6) is -4.77. The van der Waals surface area contributed by atoms with Gasteiger partial charge in [0.15, 0.2) is 0 Å². The van der Waals surface area contributed by atoms with Crippen LogP contribution in [-0.4, -0.2) is 40.5 Å². The molecule has 1 N–H and O–H groups in total. The van der Waals surface area contributed by atoms with Crippen LogP contribution >= 0.6 is 0 Å². The van der Waals surface area contributed by atoms with Crippen molar-refractivity contribution in [1.82, 2.24) is 10.1 Å². The summed E-state index contributed by atoms with van der Waals surface area (Å²) in [6.07, 6.45) is -4.60. The van der Waals surface area contributed by atoms with Gasteiger partial charge in [-0.2, -0.15) is 18.2 Å². The third kappa shape index (κ3) is 3.06. The molecule has 0 unspecified atom stereocenters. The van der Waals surface area contributed by atoms with Gasteiger partial charge >= 0.3 is 18.2 Å². The Morgan fingerprint density at radius 1 is 1.29 bits per heavy atom. The Morgan fingerprint density at radius 3 is 2.50 bits per heavy atom. The molecule has 128 valence electrons. The first kappa shape index (κ1) is 16.3. The van der Waals surface area contributed by atoms with E-state index < -0.39 is 30.5 Å². The van der Waals surface area contributed by atoms with Crippen LogP contribution in [0.1, 0.15) is 5.56 Å². The summed E-state index contributed by atoms with van der Waals surface area (Å²) >= 11 is 0. The van der Waals surface area contributed by atoms with E-state index >= 15 is 0 Å². The number of hydrogen-bond acceptors (Lipinski definition) is 5. The van der Waals surface area contributed by atoms with E-state index in [1.165, 1.54) is 4.90 Å². The fourth-order valence-electron chi connectivity index (χ4n) is 2.71. The molecular weight excluding hydrogens is 327 g/mol. The molecule has 2 heterocycles. The van der Waals surface area contributed by atoms with Crippen molar-refractivity contribution in [3.63, 3.8) is 0 Å². The summed E-state index contributed by atoms with van der Waals surface area (Å²) in [7, 11) is 0. The second kappa shape index (κ2) is 5.81. The number of benzene rings is 1. The molecule has 24 heavy (non-hydrogen) atoms. The van der Waals surface area contributed by atoms with Gasteiger partial charge in [-0.25, -0.2) is 0 Å². The molecule has 1 aliphatic heterocycles. The number of carboxylic acid groups (broad SMARTS) is 1. The van der Waals surface area contributed by atoms with Crippen LogP contribution in [-0.2, 0) is 4.79 Å². The summed E-state index contributed by atoms with van der Waals surface area (Å²) in [4.78, 5) is 16.4. The van der Waals surface area contributed by atoms with Crippen LogP contribution < -0.4 is 4.90 Å². The molecule has 1 aromatic heterocycles. The third-order valence-corrected chi connectivity index (χ3v) is 4.05. The smallest absolute Gasteiger partial charge is 0.394 e. The molecule has 0 saturated carbocycles. The van der Waals surface area contributed by atoms with Crippen molar-refractivity contribution in [2.24, 2.45) is 11.8 Å². The number of aromatic nitrogens is 2. The van der Waals surface area contributed by atoms with Crippen molar-refractivity contribution in [3.05, 3.63) is 29.8 Å². The Morgan fingerprint density at radius 2 is 1.96 bits per heavy atom. The van der Waals surface area contributed by atoms with Gasteiger partial charge in [-0.3, -0.25) is 4.79 Å². The number of alkyl halides is 3. The maximum atomic E-state index is 13.0. The summed E-state index contributed by atoms with van der Waals surface area (Å²) in [6.45, 7) is 1.07. The summed E-state index contributed by atoms with van der Waals surface area (Å²) in [5.41, 5.74) is 1.70. The lowest BCUT2D eigenvalue weighted by molar-refractivity contribution is -0.187. The van der Waals surface area contributed by atoms with Gasteiger partial charge in [-0.15, -0.1) is 0 Å². The SMILES string of the molecule is Cc1ccc(-c2noc(N3C[C@@H](C(F)(F)F)[C@H](C(=O)O)C3)n2)cc1. The summed E-state index contributed by atoms with van der Waals surface area (Å²) in [6, 6.07) is 7.13. The number of hydrogen-bond donors (Lipinski definition) is 1. The standard InChI is InChI=1S/C15H14F3N3O3/c1-8-2-4-9(5-3-8)12-19-14(24-20-12)21-6-10(13(22)23)11(7-21)15(16,17)18/h2-5,10-11H,6-7H2,1H3,(H,22,23)/t10-,11-/m1/s1. The number of halogens is 3. The number of carbonyl (C=O) groups is 1. The van der Waals surface area contributed by atoms with Crippen molar-refractivity contribution < 1.29 is 27.6 Å². The first-order valence-corrected chi connectivity index (χ1v) is 7.21. The average molecular weight is 341 g/mol. The fourth-order valence-corrected chi connectivity index (χ4v) is 2.71. The van der Waals surface area contributed by atoms with Gasteiger partial charge in [0.05, 0.1) is 11.8 Å².